The third kappa shape index (κ3) is 2.45. The molecule has 5 heteroatoms. The molecule has 0 saturated heterocycles. The van der Waals surface area contributed by atoms with Crippen LogP contribution in [-0.2, 0) is 4.74 Å². The highest BCUT2D eigenvalue weighted by Gasteiger charge is 2.20. The second-order valence-electron chi connectivity index (χ2n) is 4.28. The maximum atomic E-state index is 11.7. The molecular weight excluding hydrogens is 242 g/mol. The summed E-state index contributed by atoms with van der Waals surface area (Å²) in [7, 11) is 0. The Morgan fingerprint density at radius 1 is 1.32 bits per heavy atom. The normalized spacial score (nSPS) is 10.5. The first kappa shape index (κ1) is 13.1. The lowest BCUT2D eigenvalue weighted by Crippen LogP contribution is -2.09. The van der Waals surface area contributed by atoms with Gasteiger partial charge in [-0.05, 0) is 32.9 Å². The highest BCUT2D eigenvalue weighted by atomic mass is 16.5. The Kier molecular flexibility index (Phi) is 3.55. The molecule has 1 heterocycles. The fraction of sp³-hybridized carbons (Fsp3) is 0.286. The molecule has 0 aliphatic rings. The third-order valence-electron chi connectivity index (χ3n) is 2.84. The van der Waals surface area contributed by atoms with Gasteiger partial charge in [-0.25, -0.2) is 9.78 Å². The van der Waals surface area contributed by atoms with Crippen LogP contribution in [0.2, 0.25) is 0 Å². The van der Waals surface area contributed by atoms with Gasteiger partial charge in [0.15, 0.2) is 5.69 Å². The van der Waals surface area contributed by atoms with E-state index in [9.17, 15) is 4.79 Å². The standard InChI is InChI=1S/C14H17N3O2/c1-4-19-14(18)12-13(15)17(10(3)16-12)11-7-5-9(2)6-8-11/h5-8H,4,15H2,1-3H3. The van der Waals surface area contributed by atoms with E-state index in [1.54, 1.807) is 18.4 Å². The first-order valence-corrected chi connectivity index (χ1v) is 6.13. The van der Waals surface area contributed by atoms with Crippen molar-refractivity contribution in [3.8, 4) is 5.69 Å². The van der Waals surface area contributed by atoms with E-state index in [0.29, 0.717) is 18.2 Å². The molecule has 2 aromatic rings. The van der Waals surface area contributed by atoms with E-state index in [1.807, 2.05) is 31.2 Å². The van der Waals surface area contributed by atoms with Gasteiger partial charge in [0.1, 0.15) is 11.6 Å². The van der Waals surface area contributed by atoms with Crippen molar-refractivity contribution in [2.45, 2.75) is 20.8 Å². The van der Waals surface area contributed by atoms with Crippen LogP contribution in [-0.4, -0.2) is 22.1 Å². The van der Waals surface area contributed by atoms with Gasteiger partial charge in [0.25, 0.3) is 0 Å². The summed E-state index contributed by atoms with van der Waals surface area (Å²) in [4.78, 5) is 15.9. The number of hydrogen-bond acceptors (Lipinski definition) is 4. The van der Waals surface area contributed by atoms with Crippen molar-refractivity contribution >= 4 is 11.8 Å². The molecule has 0 atom stereocenters. The smallest absolute Gasteiger partial charge is 0.360 e. The van der Waals surface area contributed by atoms with Crippen LogP contribution in [0.3, 0.4) is 0 Å². The molecule has 0 radical (unpaired) electrons. The van der Waals surface area contributed by atoms with E-state index in [-0.39, 0.29) is 5.69 Å². The van der Waals surface area contributed by atoms with Crippen molar-refractivity contribution in [1.29, 1.82) is 0 Å². The number of esters is 1. The van der Waals surface area contributed by atoms with E-state index < -0.39 is 5.97 Å². The number of nitrogens with two attached hydrogens (primary N) is 1. The number of carbonyl (C=O) groups excluding carboxylic acids is 1. The molecule has 0 bridgehead atoms. The number of benzene rings is 1. The molecule has 0 amide bonds. The number of ether oxygens (including phenoxy) is 1. The average molecular weight is 259 g/mol. The summed E-state index contributed by atoms with van der Waals surface area (Å²) in [5.74, 6) is 0.471. The minimum absolute atomic E-state index is 0.167. The number of aromatic nitrogens is 2. The minimum atomic E-state index is -0.492. The van der Waals surface area contributed by atoms with Gasteiger partial charge in [0.05, 0.1) is 6.61 Å². The van der Waals surface area contributed by atoms with Crippen LogP contribution in [0, 0.1) is 13.8 Å². The Hall–Kier alpha value is -2.30. The monoisotopic (exact) mass is 259 g/mol. The Morgan fingerprint density at radius 3 is 2.53 bits per heavy atom. The second-order valence-corrected chi connectivity index (χ2v) is 4.28. The van der Waals surface area contributed by atoms with E-state index in [1.165, 1.54) is 0 Å². The van der Waals surface area contributed by atoms with Crippen molar-refractivity contribution in [1.82, 2.24) is 9.55 Å². The zero-order valence-electron chi connectivity index (χ0n) is 11.3. The Labute approximate surface area is 112 Å². The zero-order chi connectivity index (χ0) is 14.0. The SMILES string of the molecule is CCOC(=O)c1nc(C)n(-c2ccc(C)cc2)c1N. The molecule has 0 saturated carbocycles. The number of anilines is 1. The molecule has 0 aliphatic carbocycles. The lowest BCUT2D eigenvalue weighted by atomic mass is 10.2. The maximum absolute atomic E-state index is 11.7. The van der Waals surface area contributed by atoms with Crippen molar-refractivity contribution < 1.29 is 9.53 Å². The number of hydrogen-bond donors (Lipinski definition) is 1. The molecular formula is C14H17N3O2. The first-order valence-electron chi connectivity index (χ1n) is 6.13. The highest BCUT2D eigenvalue weighted by molar-refractivity contribution is 5.92. The van der Waals surface area contributed by atoms with Gasteiger partial charge in [-0.1, -0.05) is 17.7 Å². The summed E-state index contributed by atoms with van der Waals surface area (Å²) in [6.07, 6.45) is 0. The van der Waals surface area contributed by atoms with Crippen LogP contribution in [0.15, 0.2) is 24.3 Å². The number of imidazole rings is 1. The summed E-state index contributed by atoms with van der Waals surface area (Å²) < 4.78 is 6.68. The Balaban J connectivity index is 2.47. The van der Waals surface area contributed by atoms with Gasteiger partial charge in [-0.15, -0.1) is 0 Å². The zero-order valence-corrected chi connectivity index (χ0v) is 11.3. The fourth-order valence-corrected chi connectivity index (χ4v) is 1.92. The maximum Gasteiger partial charge on any atom is 0.360 e. The Bertz CT molecular complexity index is 600. The van der Waals surface area contributed by atoms with Gasteiger partial charge in [-0.3, -0.25) is 4.57 Å². The summed E-state index contributed by atoms with van der Waals surface area (Å²) in [6, 6.07) is 7.85. The second kappa shape index (κ2) is 5.14. The number of nitrogens with zero attached hydrogens (tertiary/aromatic N) is 2. The molecule has 2 rings (SSSR count). The number of aryl methyl sites for hydroxylation is 2. The van der Waals surface area contributed by atoms with Crippen LogP contribution in [0.4, 0.5) is 5.82 Å². The predicted molar refractivity (Wildman–Crippen MR) is 73.4 cm³/mol. The van der Waals surface area contributed by atoms with E-state index in [2.05, 4.69) is 4.98 Å². The molecule has 2 N–H and O–H groups in total. The largest absolute Gasteiger partial charge is 0.461 e. The Morgan fingerprint density at radius 2 is 1.95 bits per heavy atom. The molecule has 1 aromatic carbocycles. The average Bonchev–Trinajstić information content (AvgIpc) is 2.67. The van der Waals surface area contributed by atoms with Crippen molar-refractivity contribution in [3.63, 3.8) is 0 Å². The van der Waals surface area contributed by atoms with Crippen molar-refractivity contribution in [2.24, 2.45) is 0 Å². The summed E-state index contributed by atoms with van der Waals surface area (Å²) in [5.41, 5.74) is 8.21. The number of nitrogen functional groups attached to an aromatic ring is 1. The van der Waals surface area contributed by atoms with Crippen molar-refractivity contribution in [3.05, 3.63) is 41.3 Å². The predicted octanol–water partition coefficient (Wildman–Crippen LogP) is 2.25. The van der Waals surface area contributed by atoms with Crippen LogP contribution in [0.1, 0.15) is 28.8 Å². The molecule has 100 valence electrons. The molecule has 0 spiro atoms. The molecule has 1 aromatic heterocycles. The van der Waals surface area contributed by atoms with Crippen LogP contribution in [0.25, 0.3) is 5.69 Å². The van der Waals surface area contributed by atoms with Gasteiger partial charge in [0, 0.05) is 5.69 Å². The van der Waals surface area contributed by atoms with Gasteiger partial charge in [0.2, 0.25) is 0 Å². The van der Waals surface area contributed by atoms with E-state index >= 15 is 0 Å². The quantitative estimate of drug-likeness (QED) is 0.858. The molecule has 19 heavy (non-hydrogen) atoms. The highest BCUT2D eigenvalue weighted by Crippen LogP contribution is 2.21. The fourth-order valence-electron chi connectivity index (χ4n) is 1.92. The summed E-state index contributed by atoms with van der Waals surface area (Å²) in [6.45, 7) is 5.86. The van der Waals surface area contributed by atoms with Crippen LogP contribution >= 0.6 is 0 Å². The molecule has 0 unspecified atom stereocenters. The van der Waals surface area contributed by atoms with E-state index in [4.69, 9.17) is 10.5 Å². The third-order valence-corrected chi connectivity index (χ3v) is 2.84. The minimum Gasteiger partial charge on any atom is -0.461 e. The lowest BCUT2D eigenvalue weighted by Gasteiger charge is -2.08. The molecule has 0 fully saturated rings. The lowest BCUT2D eigenvalue weighted by molar-refractivity contribution is 0.0521. The molecule has 5 nitrogen and oxygen atoms in total. The number of carbonyl (C=O) groups is 1. The topological polar surface area (TPSA) is 70.1 Å². The summed E-state index contributed by atoms with van der Waals surface area (Å²) >= 11 is 0. The summed E-state index contributed by atoms with van der Waals surface area (Å²) in [5, 5.41) is 0. The van der Waals surface area contributed by atoms with E-state index in [0.717, 1.165) is 11.3 Å². The van der Waals surface area contributed by atoms with Crippen LogP contribution < -0.4 is 5.73 Å². The number of rotatable bonds is 3. The molecule has 0 aliphatic heterocycles. The van der Waals surface area contributed by atoms with Gasteiger partial charge < -0.3 is 10.5 Å². The first-order chi connectivity index (χ1) is 9.04. The van der Waals surface area contributed by atoms with Crippen LogP contribution in [0.5, 0.6) is 0 Å². The van der Waals surface area contributed by atoms with Gasteiger partial charge >= 0.3 is 5.97 Å². The van der Waals surface area contributed by atoms with Gasteiger partial charge in [-0.2, -0.15) is 0 Å². The van der Waals surface area contributed by atoms with Crippen molar-refractivity contribution in [2.75, 3.05) is 12.3 Å².